The maximum Gasteiger partial charge on any atom is 0.163 e. The topological polar surface area (TPSA) is 69.6 Å². The van der Waals surface area contributed by atoms with Gasteiger partial charge in [0.15, 0.2) is 5.65 Å². The number of rotatable bonds is 2. The van der Waals surface area contributed by atoms with E-state index >= 15 is 0 Å². The summed E-state index contributed by atoms with van der Waals surface area (Å²) < 4.78 is 1.99. The first-order valence-electron chi connectivity index (χ1n) is 6.88. The molecule has 0 amide bonds. The molecular formula is C14H21N5. The third-order valence-electron chi connectivity index (χ3n) is 4.06. The first-order valence-corrected chi connectivity index (χ1v) is 6.88. The van der Waals surface area contributed by atoms with Crippen LogP contribution in [0.1, 0.15) is 58.3 Å². The highest BCUT2D eigenvalue weighted by atomic mass is 15.3. The maximum atomic E-state index is 6.04. The highest BCUT2D eigenvalue weighted by Crippen LogP contribution is 2.39. The van der Waals surface area contributed by atoms with Gasteiger partial charge in [0, 0.05) is 5.92 Å². The minimum Gasteiger partial charge on any atom is -0.383 e. The van der Waals surface area contributed by atoms with E-state index in [2.05, 4.69) is 37.8 Å². The molecule has 2 N–H and O–H groups in total. The molecule has 3 rings (SSSR count). The molecule has 2 aromatic rings. The summed E-state index contributed by atoms with van der Waals surface area (Å²) in [6.07, 6.45) is 4.13. The van der Waals surface area contributed by atoms with Crippen LogP contribution in [0.25, 0.3) is 11.0 Å². The molecule has 0 spiro atoms. The number of fused-ring (bicyclic) bond motifs is 1. The summed E-state index contributed by atoms with van der Waals surface area (Å²) >= 11 is 0. The summed E-state index contributed by atoms with van der Waals surface area (Å²) in [7, 11) is 0. The predicted octanol–water partition coefficient (Wildman–Crippen LogP) is 2.89. The molecule has 102 valence electrons. The van der Waals surface area contributed by atoms with Gasteiger partial charge >= 0.3 is 0 Å². The van der Waals surface area contributed by atoms with Crippen molar-refractivity contribution in [3.05, 3.63) is 12.0 Å². The van der Waals surface area contributed by atoms with Crippen LogP contribution in [0.3, 0.4) is 0 Å². The van der Waals surface area contributed by atoms with Crippen LogP contribution in [0.4, 0.5) is 5.82 Å². The number of aromatic nitrogens is 4. The van der Waals surface area contributed by atoms with Crippen molar-refractivity contribution >= 4 is 16.9 Å². The number of nitrogens with two attached hydrogens (primary N) is 1. The molecule has 0 saturated heterocycles. The molecule has 0 aromatic carbocycles. The quantitative estimate of drug-likeness (QED) is 0.900. The summed E-state index contributed by atoms with van der Waals surface area (Å²) in [6, 6.07) is 0.256. The van der Waals surface area contributed by atoms with E-state index in [0.29, 0.717) is 11.7 Å². The van der Waals surface area contributed by atoms with E-state index in [1.807, 2.05) is 4.68 Å². The zero-order valence-corrected chi connectivity index (χ0v) is 12.0. The van der Waals surface area contributed by atoms with Crippen molar-refractivity contribution in [2.45, 2.75) is 52.5 Å². The Bertz CT molecular complexity index is 619. The van der Waals surface area contributed by atoms with Crippen molar-refractivity contribution in [2.75, 3.05) is 5.73 Å². The summed E-state index contributed by atoms with van der Waals surface area (Å²) in [5.74, 6) is 1.94. The molecule has 0 unspecified atom stereocenters. The molecule has 1 aliphatic rings. The van der Waals surface area contributed by atoms with Crippen molar-refractivity contribution in [1.29, 1.82) is 0 Å². The minimum atomic E-state index is 0.123. The lowest BCUT2D eigenvalue weighted by atomic mass is 9.88. The number of nitrogens with zero attached hydrogens (tertiary/aromatic N) is 4. The molecule has 5 nitrogen and oxygen atoms in total. The third-order valence-corrected chi connectivity index (χ3v) is 4.06. The molecule has 2 heterocycles. The molecule has 1 fully saturated rings. The van der Waals surface area contributed by atoms with Gasteiger partial charge in [-0.1, -0.05) is 20.8 Å². The Balaban J connectivity index is 2.15. The van der Waals surface area contributed by atoms with Crippen LogP contribution in [0.5, 0.6) is 0 Å². The van der Waals surface area contributed by atoms with Gasteiger partial charge in [0.2, 0.25) is 0 Å². The molecule has 1 aliphatic carbocycles. The number of hydrogen-bond acceptors (Lipinski definition) is 4. The zero-order chi connectivity index (χ0) is 13.8. The van der Waals surface area contributed by atoms with Gasteiger partial charge in [0.25, 0.3) is 0 Å². The smallest absolute Gasteiger partial charge is 0.163 e. The Morgan fingerprint density at radius 1 is 1.32 bits per heavy atom. The van der Waals surface area contributed by atoms with Crippen LogP contribution < -0.4 is 5.73 Å². The molecular weight excluding hydrogens is 238 g/mol. The predicted molar refractivity (Wildman–Crippen MR) is 75.9 cm³/mol. The average Bonchev–Trinajstić information content (AvgIpc) is 3.07. The van der Waals surface area contributed by atoms with Crippen molar-refractivity contribution in [2.24, 2.45) is 5.41 Å². The third kappa shape index (κ3) is 2.07. The van der Waals surface area contributed by atoms with E-state index < -0.39 is 0 Å². The fraction of sp³-hybridized carbons (Fsp3) is 0.643. The largest absolute Gasteiger partial charge is 0.383 e. The second-order valence-electron chi connectivity index (χ2n) is 6.61. The van der Waals surface area contributed by atoms with Gasteiger partial charge in [-0.15, -0.1) is 0 Å². The molecule has 0 aliphatic heterocycles. The lowest BCUT2D eigenvalue weighted by molar-refractivity contribution is 0.249. The summed E-state index contributed by atoms with van der Waals surface area (Å²) in [5.41, 5.74) is 7.04. The van der Waals surface area contributed by atoms with Gasteiger partial charge in [-0.25, -0.2) is 14.6 Å². The lowest BCUT2D eigenvalue weighted by Gasteiger charge is -2.27. The molecule has 19 heavy (non-hydrogen) atoms. The van der Waals surface area contributed by atoms with Crippen molar-refractivity contribution in [3.63, 3.8) is 0 Å². The van der Waals surface area contributed by atoms with Gasteiger partial charge in [-0.3, -0.25) is 0 Å². The van der Waals surface area contributed by atoms with Crippen LogP contribution >= 0.6 is 0 Å². The lowest BCUT2D eigenvalue weighted by Crippen LogP contribution is -2.22. The monoisotopic (exact) mass is 259 g/mol. The second kappa shape index (κ2) is 3.92. The van der Waals surface area contributed by atoms with Crippen molar-refractivity contribution in [1.82, 2.24) is 19.7 Å². The molecule has 2 aromatic heterocycles. The van der Waals surface area contributed by atoms with Crippen LogP contribution in [0, 0.1) is 5.41 Å². The molecule has 5 heteroatoms. The van der Waals surface area contributed by atoms with Gasteiger partial charge < -0.3 is 5.73 Å². The van der Waals surface area contributed by atoms with E-state index in [0.717, 1.165) is 16.9 Å². The minimum absolute atomic E-state index is 0.123. The van der Waals surface area contributed by atoms with Crippen LogP contribution in [0.15, 0.2) is 6.20 Å². The van der Waals surface area contributed by atoms with Crippen LogP contribution in [-0.4, -0.2) is 19.7 Å². The second-order valence-corrected chi connectivity index (χ2v) is 6.61. The van der Waals surface area contributed by atoms with Gasteiger partial charge in [0.05, 0.1) is 17.6 Å². The number of anilines is 1. The first kappa shape index (κ1) is 12.4. The Kier molecular flexibility index (Phi) is 2.56. The SMILES string of the molecule is C[C@@H](n1ncc2c(N)nc(C3CC3)nc21)C(C)(C)C. The van der Waals surface area contributed by atoms with Crippen molar-refractivity contribution < 1.29 is 0 Å². The summed E-state index contributed by atoms with van der Waals surface area (Å²) in [4.78, 5) is 9.11. The van der Waals surface area contributed by atoms with Gasteiger partial charge in [0.1, 0.15) is 11.6 Å². The van der Waals surface area contributed by atoms with Gasteiger partial charge in [-0.05, 0) is 25.2 Å². The zero-order valence-electron chi connectivity index (χ0n) is 12.0. The first-order chi connectivity index (χ1) is 8.88. The number of nitrogen functional groups attached to an aromatic ring is 1. The Morgan fingerprint density at radius 3 is 2.58 bits per heavy atom. The fourth-order valence-electron chi connectivity index (χ4n) is 2.14. The summed E-state index contributed by atoms with van der Waals surface area (Å²) in [5, 5.41) is 5.34. The molecule has 1 saturated carbocycles. The van der Waals surface area contributed by atoms with E-state index in [9.17, 15) is 0 Å². The number of hydrogen-bond donors (Lipinski definition) is 1. The van der Waals surface area contributed by atoms with Crippen LogP contribution in [-0.2, 0) is 0 Å². The highest BCUT2D eigenvalue weighted by Gasteiger charge is 2.29. The van der Waals surface area contributed by atoms with E-state index in [-0.39, 0.29) is 11.5 Å². The molecule has 0 bridgehead atoms. The Morgan fingerprint density at radius 2 is 2.00 bits per heavy atom. The standard InChI is InChI=1S/C14H21N5/c1-8(14(2,3)4)19-13-10(7-16-19)11(15)17-12(18-13)9-5-6-9/h7-9H,5-6H2,1-4H3,(H2,15,17,18)/t8-/m1/s1. The van der Waals surface area contributed by atoms with E-state index in [4.69, 9.17) is 10.7 Å². The highest BCUT2D eigenvalue weighted by molar-refractivity contribution is 5.85. The van der Waals surface area contributed by atoms with E-state index in [1.54, 1.807) is 6.20 Å². The average molecular weight is 259 g/mol. The fourth-order valence-corrected chi connectivity index (χ4v) is 2.14. The normalized spacial score (nSPS) is 17.9. The van der Waals surface area contributed by atoms with Crippen molar-refractivity contribution in [3.8, 4) is 0 Å². The van der Waals surface area contributed by atoms with E-state index in [1.165, 1.54) is 12.8 Å². The Hall–Kier alpha value is -1.65. The van der Waals surface area contributed by atoms with Crippen LogP contribution in [0.2, 0.25) is 0 Å². The molecule has 1 atom stereocenters. The molecule has 0 radical (unpaired) electrons. The van der Waals surface area contributed by atoms with Gasteiger partial charge in [-0.2, -0.15) is 5.10 Å². The maximum absolute atomic E-state index is 6.04. The summed E-state index contributed by atoms with van der Waals surface area (Å²) in [6.45, 7) is 8.79. The Labute approximate surface area is 113 Å².